The fraction of sp³-hybridized carbons (Fsp3) is 0.714. The molecule has 0 radical (unpaired) electrons. The lowest BCUT2D eigenvalue weighted by Crippen LogP contribution is -2.44. The van der Waals surface area contributed by atoms with E-state index in [-0.39, 0.29) is 41.4 Å². The van der Waals surface area contributed by atoms with Gasteiger partial charge in [0.1, 0.15) is 5.76 Å². The second-order valence-electron chi connectivity index (χ2n) is 8.12. The van der Waals surface area contributed by atoms with Crippen LogP contribution in [-0.4, -0.2) is 63.2 Å². The van der Waals surface area contributed by atoms with Crippen LogP contribution in [-0.2, 0) is 16.0 Å². The smallest absolute Gasteiger partial charge is 0.230 e. The summed E-state index contributed by atoms with van der Waals surface area (Å²) in [5, 5.41) is 6.80. The lowest BCUT2D eigenvalue weighted by atomic mass is 9.85. The summed E-state index contributed by atoms with van der Waals surface area (Å²) in [5.41, 5.74) is -0.358. The van der Waals surface area contributed by atoms with Crippen LogP contribution in [0.2, 0.25) is 0 Å². The van der Waals surface area contributed by atoms with Gasteiger partial charge in [-0.05, 0) is 37.8 Å². The fourth-order valence-corrected chi connectivity index (χ4v) is 4.15. The highest BCUT2D eigenvalue weighted by atomic mass is 127. The molecule has 164 valence electrons. The SMILES string of the molecule is CN(C)C(=O)C1(CN=C(NCCc2ccco2)NCC2CCCO2)CCCC1.I. The molecule has 3 rings (SSSR count). The molecule has 0 aromatic carbocycles. The number of hydrogen-bond donors (Lipinski definition) is 2. The van der Waals surface area contributed by atoms with Gasteiger partial charge in [-0.15, -0.1) is 24.0 Å². The van der Waals surface area contributed by atoms with Crippen LogP contribution in [0.1, 0.15) is 44.3 Å². The first-order valence-electron chi connectivity index (χ1n) is 10.5. The number of carbonyl (C=O) groups excluding carboxylic acids is 1. The zero-order valence-electron chi connectivity index (χ0n) is 17.6. The molecule has 1 aromatic heterocycles. The maximum absolute atomic E-state index is 12.8. The van der Waals surface area contributed by atoms with Gasteiger partial charge in [0, 0.05) is 40.2 Å². The van der Waals surface area contributed by atoms with Crippen molar-refractivity contribution in [2.45, 2.75) is 51.0 Å². The zero-order chi connectivity index (χ0) is 19.8. The van der Waals surface area contributed by atoms with Gasteiger partial charge in [-0.3, -0.25) is 9.79 Å². The van der Waals surface area contributed by atoms with E-state index in [0.717, 1.165) is 76.4 Å². The predicted octanol–water partition coefficient (Wildman–Crippen LogP) is 2.80. The molecule has 29 heavy (non-hydrogen) atoms. The predicted molar refractivity (Wildman–Crippen MR) is 125 cm³/mol. The van der Waals surface area contributed by atoms with E-state index in [0.29, 0.717) is 6.54 Å². The summed E-state index contributed by atoms with van der Waals surface area (Å²) in [7, 11) is 3.68. The quantitative estimate of drug-likeness (QED) is 0.315. The molecule has 1 aliphatic carbocycles. The molecule has 8 heteroatoms. The minimum Gasteiger partial charge on any atom is -0.469 e. The Kier molecular flexibility index (Phi) is 9.74. The van der Waals surface area contributed by atoms with Crippen molar-refractivity contribution in [3.63, 3.8) is 0 Å². The van der Waals surface area contributed by atoms with Crippen LogP contribution in [0, 0.1) is 5.41 Å². The number of nitrogens with zero attached hydrogens (tertiary/aromatic N) is 2. The molecule has 2 N–H and O–H groups in total. The van der Waals surface area contributed by atoms with Crippen LogP contribution < -0.4 is 10.6 Å². The lowest BCUT2D eigenvalue weighted by Gasteiger charge is -2.29. The molecule has 1 saturated carbocycles. The lowest BCUT2D eigenvalue weighted by molar-refractivity contribution is -0.138. The number of nitrogens with one attached hydrogen (secondary N) is 2. The molecular formula is C21H35IN4O3. The number of guanidine groups is 1. The number of furan rings is 1. The number of amides is 1. The van der Waals surface area contributed by atoms with Gasteiger partial charge >= 0.3 is 0 Å². The van der Waals surface area contributed by atoms with Gasteiger partial charge in [0.15, 0.2) is 5.96 Å². The normalized spacial score (nSPS) is 20.9. The van der Waals surface area contributed by atoms with Gasteiger partial charge in [-0.25, -0.2) is 0 Å². The molecule has 7 nitrogen and oxygen atoms in total. The van der Waals surface area contributed by atoms with Crippen molar-refractivity contribution < 1.29 is 13.9 Å². The minimum absolute atomic E-state index is 0. The van der Waals surface area contributed by atoms with E-state index in [1.165, 1.54) is 0 Å². The molecule has 0 bridgehead atoms. The highest BCUT2D eigenvalue weighted by Crippen LogP contribution is 2.39. The Balaban J connectivity index is 0.00000300. The number of rotatable bonds is 8. The van der Waals surface area contributed by atoms with Gasteiger partial charge in [0.2, 0.25) is 5.91 Å². The minimum atomic E-state index is -0.358. The summed E-state index contributed by atoms with van der Waals surface area (Å²) in [6, 6.07) is 3.87. The largest absolute Gasteiger partial charge is 0.469 e. The highest BCUT2D eigenvalue weighted by Gasteiger charge is 2.42. The van der Waals surface area contributed by atoms with Gasteiger partial charge in [0.25, 0.3) is 0 Å². The molecule has 1 saturated heterocycles. The number of hydrogen-bond acceptors (Lipinski definition) is 4. The van der Waals surface area contributed by atoms with Crippen LogP contribution in [0.25, 0.3) is 0 Å². The van der Waals surface area contributed by atoms with Gasteiger partial charge in [-0.2, -0.15) is 0 Å². The molecule has 2 fully saturated rings. The third-order valence-electron chi connectivity index (χ3n) is 5.73. The van der Waals surface area contributed by atoms with Gasteiger partial charge in [0.05, 0.1) is 24.3 Å². The van der Waals surface area contributed by atoms with Crippen molar-refractivity contribution in [3.05, 3.63) is 24.2 Å². The second kappa shape index (κ2) is 11.8. The van der Waals surface area contributed by atoms with Crippen molar-refractivity contribution in [2.24, 2.45) is 10.4 Å². The van der Waals surface area contributed by atoms with E-state index in [1.807, 2.05) is 26.2 Å². The summed E-state index contributed by atoms with van der Waals surface area (Å²) < 4.78 is 11.1. The topological polar surface area (TPSA) is 79.1 Å². The summed E-state index contributed by atoms with van der Waals surface area (Å²) in [6.07, 6.45) is 8.94. The van der Waals surface area contributed by atoms with E-state index in [1.54, 1.807) is 11.2 Å². The molecule has 0 spiro atoms. The van der Waals surface area contributed by atoms with Crippen LogP contribution >= 0.6 is 24.0 Å². The van der Waals surface area contributed by atoms with E-state index in [2.05, 4.69) is 10.6 Å². The van der Waals surface area contributed by atoms with E-state index in [4.69, 9.17) is 14.1 Å². The zero-order valence-corrected chi connectivity index (χ0v) is 19.9. The molecule has 2 heterocycles. The molecule has 1 aromatic rings. The number of ether oxygens (including phenoxy) is 1. The first kappa shape index (κ1) is 24.0. The van der Waals surface area contributed by atoms with Crippen molar-refractivity contribution in [1.82, 2.24) is 15.5 Å². The molecule has 1 amide bonds. The average Bonchev–Trinajstić information content (AvgIpc) is 3.46. The first-order chi connectivity index (χ1) is 13.6. The number of carbonyl (C=O) groups is 1. The molecule has 1 unspecified atom stereocenters. The van der Waals surface area contributed by atoms with E-state index in [9.17, 15) is 4.79 Å². The maximum Gasteiger partial charge on any atom is 0.230 e. The Hall–Kier alpha value is -1.29. The maximum atomic E-state index is 12.8. The van der Waals surface area contributed by atoms with Gasteiger partial charge in [-0.1, -0.05) is 12.8 Å². The van der Waals surface area contributed by atoms with E-state index < -0.39 is 0 Å². The molecule has 1 aliphatic heterocycles. The van der Waals surface area contributed by atoms with E-state index >= 15 is 0 Å². The van der Waals surface area contributed by atoms with Crippen molar-refractivity contribution in [3.8, 4) is 0 Å². The highest BCUT2D eigenvalue weighted by molar-refractivity contribution is 14.0. The monoisotopic (exact) mass is 518 g/mol. The van der Waals surface area contributed by atoms with Crippen LogP contribution in [0.5, 0.6) is 0 Å². The Morgan fingerprint density at radius 3 is 2.69 bits per heavy atom. The van der Waals surface area contributed by atoms with Crippen molar-refractivity contribution >= 4 is 35.8 Å². The first-order valence-corrected chi connectivity index (χ1v) is 10.5. The Morgan fingerprint density at radius 2 is 2.07 bits per heavy atom. The van der Waals surface area contributed by atoms with Crippen LogP contribution in [0.4, 0.5) is 0 Å². The summed E-state index contributed by atoms with van der Waals surface area (Å²) in [5.74, 6) is 1.89. The molecule has 1 atom stereocenters. The Labute approximate surface area is 191 Å². The van der Waals surface area contributed by atoms with Crippen molar-refractivity contribution in [1.29, 1.82) is 0 Å². The van der Waals surface area contributed by atoms with Crippen molar-refractivity contribution in [2.75, 3.05) is 40.3 Å². The third-order valence-corrected chi connectivity index (χ3v) is 5.73. The van der Waals surface area contributed by atoms with Crippen LogP contribution in [0.15, 0.2) is 27.8 Å². The Bertz CT molecular complexity index is 636. The molecule has 2 aliphatic rings. The molecular weight excluding hydrogens is 483 g/mol. The fourth-order valence-electron chi connectivity index (χ4n) is 4.15. The summed E-state index contributed by atoms with van der Waals surface area (Å²) in [6.45, 7) is 2.82. The Morgan fingerprint density at radius 1 is 1.28 bits per heavy atom. The summed E-state index contributed by atoms with van der Waals surface area (Å²) in [4.78, 5) is 19.3. The number of aliphatic imine (C=N–C) groups is 1. The second-order valence-corrected chi connectivity index (χ2v) is 8.12. The number of halogens is 1. The van der Waals surface area contributed by atoms with Crippen LogP contribution in [0.3, 0.4) is 0 Å². The summed E-state index contributed by atoms with van der Waals surface area (Å²) >= 11 is 0. The standard InChI is InChI=1S/C21H34N4O3.HI/c1-25(2)19(26)21(10-3-4-11-21)16-24-20(23-15-18-8-6-14-28-18)22-12-9-17-7-5-13-27-17;/h5,7,13,18H,3-4,6,8-12,14-16H2,1-2H3,(H2,22,23,24);1H. The average molecular weight is 518 g/mol. The third kappa shape index (κ3) is 6.87. The van der Waals surface area contributed by atoms with Gasteiger partial charge < -0.3 is 24.7 Å².